The minimum absolute atomic E-state index is 0.197. The number of carbonyl (C=O) groups excluding carboxylic acids is 1. The molecule has 2 N–H and O–H groups in total. The van der Waals surface area contributed by atoms with E-state index in [1.54, 1.807) is 4.90 Å². The number of rotatable bonds is 8. The monoisotopic (exact) mass is 374 g/mol. The van der Waals surface area contributed by atoms with Crippen LogP contribution in [0, 0.1) is 12.3 Å². The Morgan fingerprint density at radius 1 is 1.19 bits per heavy atom. The highest BCUT2D eigenvalue weighted by Crippen LogP contribution is 2.39. The summed E-state index contributed by atoms with van der Waals surface area (Å²) in [5.74, 6) is 1.80. The van der Waals surface area contributed by atoms with Gasteiger partial charge in [-0.25, -0.2) is 0 Å². The van der Waals surface area contributed by atoms with E-state index in [4.69, 9.17) is 9.73 Å². The minimum Gasteiger partial charge on any atom is -0.492 e. The summed E-state index contributed by atoms with van der Waals surface area (Å²) in [5.41, 5.74) is 0.875. The predicted molar refractivity (Wildman–Crippen MR) is 110 cm³/mol. The molecule has 1 fully saturated rings. The Bertz CT molecular complexity index is 620. The second-order valence-corrected chi connectivity index (χ2v) is 7.47. The lowest BCUT2D eigenvalue weighted by Crippen LogP contribution is -2.43. The van der Waals surface area contributed by atoms with Crippen LogP contribution in [0.3, 0.4) is 0 Å². The molecule has 0 radical (unpaired) electrons. The molecule has 27 heavy (non-hydrogen) atoms. The number of aryl methyl sites for hydroxylation is 1. The fraction of sp³-hybridized carbons (Fsp3) is 0.619. The average Bonchev–Trinajstić information content (AvgIpc) is 3.14. The molecule has 1 aliphatic rings. The molecular formula is C21H34N4O2. The summed E-state index contributed by atoms with van der Waals surface area (Å²) >= 11 is 0. The van der Waals surface area contributed by atoms with Gasteiger partial charge in [-0.05, 0) is 38.8 Å². The topological polar surface area (TPSA) is 66.0 Å². The Balaban J connectivity index is 1.88. The fourth-order valence-corrected chi connectivity index (χ4v) is 3.51. The largest absolute Gasteiger partial charge is 0.492 e. The molecule has 1 saturated carbocycles. The van der Waals surface area contributed by atoms with Crippen LogP contribution in [-0.2, 0) is 4.79 Å². The highest BCUT2D eigenvalue weighted by atomic mass is 16.5. The number of nitrogens with zero attached hydrogens (tertiary/aromatic N) is 2. The Labute approximate surface area is 163 Å². The van der Waals surface area contributed by atoms with E-state index in [1.807, 2.05) is 45.3 Å². The van der Waals surface area contributed by atoms with E-state index in [1.165, 1.54) is 5.56 Å². The molecule has 0 saturated heterocycles. The Kier molecular flexibility index (Phi) is 7.95. The lowest BCUT2D eigenvalue weighted by Gasteiger charge is -2.29. The molecule has 1 aliphatic carbocycles. The van der Waals surface area contributed by atoms with Gasteiger partial charge in [-0.1, -0.05) is 30.5 Å². The van der Waals surface area contributed by atoms with Crippen molar-refractivity contribution in [1.29, 1.82) is 0 Å². The van der Waals surface area contributed by atoms with Gasteiger partial charge in [-0.2, -0.15) is 0 Å². The van der Waals surface area contributed by atoms with Crippen molar-refractivity contribution in [3.8, 4) is 5.75 Å². The van der Waals surface area contributed by atoms with Gasteiger partial charge in [0.15, 0.2) is 5.96 Å². The fourth-order valence-electron chi connectivity index (χ4n) is 3.51. The first-order valence-corrected chi connectivity index (χ1v) is 9.90. The van der Waals surface area contributed by atoms with E-state index in [-0.39, 0.29) is 11.3 Å². The second kappa shape index (κ2) is 10.2. The molecule has 0 bridgehead atoms. The Morgan fingerprint density at radius 3 is 2.44 bits per heavy atom. The third-order valence-corrected chi connectivity index (χ3v) is 4.99. The number of nitrogens with one attached hydrogen (secondary N) is 2. The number of ether oxygens (including phenoxy) is 1. The van der Waals surface area contributed by atoms with Crippen molar-refractivity contribution in [1.82, 2.24) is 15.5 Å². The quantitative estimate of drug-likeness (QED) is 0.417. The van der Waals surface area contributed by atoms with E-state index in [0.29, 0.717) is 19.7 Å². The molecule has 2 rings (SSSR count). The number of hydrogen-bond donors (Lipinski definition) is 2. The Morgan fingerprint density at radius 2 is 1.85 bits per heavy atom. The second-order valence-electron chi connectivity index (χ2n) is 7.47. The first-order valence-electron chi connectivity index (χ1n) is 9.90. The summed E-state index contributed by atoms with van der Waals surface area (Å²) < 4.78 is 5.75. The third kappa shape index (κ3) is 6.15. The zero-order chi connectivity index (χ0) is 19.7. The maximum atomic E-state index is 12.7. The van der Waals surface area contributed by atoms with Crippen molar-refractivity contribution in [3.05, 3.63) is 29.8 Å². The number of hydrogen-bond acceptors (Lipinski definition) is 3. The van der Waals surface area contributed by atoms with Crippen molar-refractivity contribution in [2.75, 3.05) is 40.3 Å². The summed E-state index contributed by atoms with van der Waals surface area (Å²) in [5, 5.41) is 6.56. The lowest BCUT2D eigenvalue weighted by molar-refractivity contribution is -0.138. The van der Waals surface area contributed by atoms with Gasteiger partial charge in [0.1, 0.15) is 12.4 Å². The van der Waals surface area contributed by atoms with E-state index in [9.17, 15) is 4.79 Å². The summed E-state index contributed by atoms with van der Waals surface area (Å²) in [6.07, 6.45) is 4.04. The van der Waals surface area contributed by atoms with Crippen molar-refractivity contribution in [2.24, 2.45) is 10.4 Å². The van der Waals surface area contributed by atoms with Crippen LogP contribution in [0.1, 0.15) is 38.2 Å². The van der Waals surface area contributed by atoms with Gasteiger partial charge < -0.3 is 20.3 Å². The van der Waals surface area contributed by atoms with Crippen LogP contribution >= 0.6 is 0 Å². The number of benzene rings is 1. The first-order chi connectivity index (χ1) is 13.0. The summed E-state index contributed by atoms with van der Waals surface area (Å²) in [4.78, 5) is 19.1. The van der Waals surface area contributed by atoms with Gasteiger partial charge in [0, 0.05) is 20.6 Å². The van der Waals surface area contributed by atoms with Crippen LogP contribution in [0.15, 0.2) is 29.3 Å². The highest BCUT2D eigenvalue weighted by molar-refractivity contribution is 5.84. The Hall–Kier alpha value is -2.24. The number of aliphatic imine (C=N–C) groups is 1. The van der Waals surface area contributed by atoms with Crippen molar-refractivity contribution < 1.29 is 9.53 Å². The molecule has 6 heteroatoms. The normalized spacial score (nSPS) is 16.1. The van der Waals surface area contributed by atoms with E-state index in [2.05, 4.69) is 17.6 Å². The summed E-state index contributed by atoms with van der Waals surface area (Å²) in [7, 11) is 3.66. The molecule has 1 aromatic rings. The number of amides is 1. The molecule has 0 unspecified atom stereocenters. The van der Waals surface area contributed by atoms with Gasteiger partial charge in [0.2, 0.25) is 5.91 Å². The van der Waals surface area contributed by atoms with Crippen LogP contribution in [0.25, 0.3) is 0 Å². The maximum absolute atomic E-state index is 12.7. The van der Waals surface area contributed by atoms with E-state index in [0.717, 1.165) is 43.9 Å². The van der Waals surface area contributed by atoms with Crippen LogP contribution < -0.4 is 15.4 Å². The van der Waals surface area contributed by atoms with Gasteiger partial charge >= 0.3 is 0 Å². The van der Waals surface area contributed by atoms with Crippen LogP contribution in [0.4, 0.5) is 0 Å². The molecule has 150 valence electrons. The molecule has 6 nitrogen and oxygen atoms in total. The van der Waals surface area contributed by atoms with Crippen LogP contribution in [-0.4, -0.2) is 57.1 Å². The number of carbonyl (C=O) groups is 1. The molecular weight excluding hydrogens is 340 g/mol. The SMILES string of the molecule is CCNC(=NCC1(C(=O)N(C)C)CCCC1)NCCOc1ccc(C)cc1. The maximum Gasteiger partial charge on any atom is 0.230 e. The van der Waals surface area contributed by atoms with Crippen LogP contribution in [0.5, 0.6) is 5.75 Å². The molecule has 0 aliphatic heterocycles. The lowest BCUT2D eigenvalue weighted by atomic mass is 9.85. The molecule has 0 spiro atoms. The molecule has 0 heterocycles. The van der Waals surface area contributed by atoms with Crippen molar-refractivity contribution >= 4 is 11.9 Å². The number of guanidine groups is 1. The summed E-state index contributed by atoms with van der Waals surface area (Å²) in [6, 6.07) is 8.03. The molecule has 0 atom stereocenters. The van der Waals surface area contributed by atoms with Gasteiger partial charge in [-0.15, -0.1) is 0 Å². The summed E-state index contributed by atoms with van der Waals surface area (Å²) in [6.45, 7) is 6.60. The van der Waals surface area contributed by atoms with Gasteiger partial charge in [-0.3, -0.25) is 9.79 Å². The molecule has 1 aromatic carbocycles. The third-order valence-electron chi connectivity index (χ3n) is 4.99. The molecule has 0 aromatic heterocycles. The van der Waals surface area contributed by atoms with Gasteiger partial charge in [0.25, 0.3) is 0 Å². The minimum atomic E-state index is -0.343. The average molecular weight is 375 g/mol. The zero-order valence-electron chi connectivity index (χ0n) is 17.2. The van der Waals surface area contributed by atoms with E-state index < -0.39 is 0 Å². The van der Waals surface area contributed by atoms with Crippen LogP contribution in [0.2, 0.25) is 0 Å². The first kappa shape index (κ1) is 21.1. The standard InChI is InChI=1S/C21H34N4O2/c1-5-22-20(23-14-15-27-18-10-8-17(2)9-11-18)24-16-21(12-6-7-13-21)19(26)25(3)4/h8-11H,5-7,12-16H2,1-4H3,(H2,22,23,24). The van der Waals surface area contributed by atoms with Gasteiger partial charge in [0.05, 0.1) is 18.5 Å². The zero-order valence-corrected chi connectivity index (χ0v) is 17.2. The van der Waals surface area contributed by atoms with Crippen molar-refractivity contribution in [3.63, 3.8) is 0 Å². The van der Waals surface area contributed by atoms with E-state index >= 15 is 0 Å². The highest BCUT2D eigenvalue weighted by Gasteiger charge is 2.41. The predicted octanol–water partition coefficient (Wildman–Crippen LogP) is 2.58. The molecule has 1 amide bonds. The van der Waals surface area contributed by atoms with Crippen molar-refractivity contribution in [2.45, 2.75) is 39.5 Å². The smallest absolute Gasteiger partial charge is 0.230 e.